The molecule has 0 spiro atoms. The number of alkyl halides is 3. The molecule has 0 unspecified atom stereocenters. The maximum absolute atomic E-state index is 13.6. The van der Waals surface area contributed by atoms with Gasteiger partial charge in [0.1, 0.15) is 24.3 Å². The fourth-order valence-electron chi connectivity index (χ4n) is 4.01. The number of oxazole rings is 1. The Labute approximate surface area is 186 Å². The van der Waals surface area contributed by atoms with Gasteiger partial charge in [0.2, 0.25) is 5.88 Å². The summed E-state index contributed by atoms with van der Waals surface area (Å²) in [5, 5.41) is 0. The van der Waals surface area contributed by atoms with Gasteiger partial charge >= 0.3 is 12.0 Å². The number of halogens is 3. The number of hydrogen-bond acceptors (Lipinski definition) is 5. The van der Waals surface area contributed by atoms with Crippen LogP contribution < -0.4 is 4.74 Å². The average molecular weight is 456 g/mol. The largest absolute Gasteiger partial charge is 0.475 e. The summed E-state index contributed by atoms with van der Waals surface area (Å²) in [7, 11) is 0. The number of aromatic nitrogens is 3. The first-order valence-corrected chi connectivity index (χ1v) is 10.4. The van der Waals surface area contributed by atoms with Gasteiger partial charge in [-0.05, 0) is 18.9 Å². The Bertz CT molecular complexity index is 1270. The van der Waals surface area contributed by atoms with E-state index in [-0.39, 0.29) is 24.4 Å². The highest BCUT2D eigenvalue weighted by Gasteiger charge is 2.34. The predicted octanol–water partition coefficient (Wildman–Crippen LogP) is 4.69. The Balaban J connectivity index is 1.37. The van der Waals surface area contributed by atoms with Crippen molar-refractivity contribution in [3.63, 3.8) is 0 Å². The first kappa shape index (κ1) is 21.0. The van der Waals surface area contributed by atoms with Crippen molar-refractivity contribution in [2.24, 2.45) is 0 Å². The van der Waals surface area contributed by atoms with Gasteiger partial charge in [0.25, 0.3) is 5.91 Å². The van der Waals surface area contributed by atoms with E-state index in [1.165, 1.54) is 12.3 Å². The zero-order valence-electron chi connectivity index (χ0n) is 17.3. The van der Waals surface area contributed by atoms with Crippen molar-refractivity contribution in [2.45, 2.75) is 25.1 Å². The SMILES string of the molecule is O=C(c1c(-c2ccccc2)nc2occn12)N1CCC[C@H]1COc1ccc(C(F)(F)F)cn1. The van der Waals surface area contributed by atoms with Crippen molar-refractivity contribution in [3.8, 4) is 17.1 Å². The molecule has 0 saturated carbocycles. The van der Waals surface area contributed by atoms with E-state index in [2.05, 4.69) is 9.97 Å². The summed E-state index contributed by atoms with van der Waals surface area (Å²) in [6.45, 7) is 0.657. The highest BCUT2D eigenvalue weighted by atomic mass is 19.4. The topological polar surface area (TPSA) is 72.9 Å². The summed E-state index contributed by atoms with van der Waals surface area (Å²) < 4.78 is 50.8. The molecule has 5 rings (SSSR count). The number of carbonyl (C=O) groups excluding carboxylic acids is 1. The molecule has 1 saturated heterocycles. The Kier molecular flexibility index (Phi) is 5.27. The van der Waals surface area contributed by atoms with E-state index in [4.69, 9.17) is 9.15 Å². The first-order valence-electron chi connectivity index (χ1n) is 10.4. The molecule has 170 valence electrons. The van der Waals surface area contributed by atoms with Gasteiger partial charge in [0.05, 0.1) is 11.6 Å². The maximum Gasteiger partial charge on any atom is 0.417 e. The van der Waals surface area contributed by atoms with Gasteiger partial charge in [-0.15, -0.1) is 0 Å². The molecule has 10 heteroatoms. The molecule has 7 nitrogen and oxygen atoms in total. The zero-order chi connectivity index (χ0) is 23.0. The van der Waals surface area contributed by atoms with Crippen LogP contribution in [0, 0.1) is 0 Å². The summed E-state index contributed by atoms with van der Waals surface area (Å²) in [6.07, 6.45) is 0.889. The number of imidazole rings is 1. The van der Waals surface area contributed by atoms with Crippen LogP contribution in [0.2, 0.25) is 0 Å². The number of ether oxygens (including phenoxy) is 1. The number of rotatable bonds is 5. The highest BCUT2D eigenvalue weighted by molar-refractivity contribution is 5.99. The van der Waals surface area contributed by atoms with E-state index in [1.54, 1.807) is 15.5 Å². The van der Waals surface area contributed by atoms with Crippen LogP contribution in [0.1, 0.15) is 28.9 Å². The fourth-order valence-corrected chi connectivity index (χ4v) is 4.01. The van der Waals surface area contributed by atoms with E-state index in [0.717, 1.165) is 24.2 Å². The van der Waals surface area contributed by atoms with Gasteiger partial charge in [-0.2, -0.15) is 18.2 Å². The minimum atomic E-state index is -4.46. The van der Waals surface area contributed by atoms with Crippen molar-refractivity contribution in [1.82, 2.24) is 19.3 Å². The lowest BCUT2D eigenvalue weighted by Gasteiger charge is -2.24. The summed E-state index contributed by atoms with van der Waals surface area (Å²) >= 11 is 0. The quantitative estimate of drug-likeness (QED) is 0.436. The number of carbonyl (C=O) groups is 1. The van der Waals surface area contributed by atoms with Gasteiger partial charge in [-0.1, -0.05) is 30.3 Å². The molecule has 3 aromatic heterocycles. The number of pyridine rings is 1. The molecule has 1 aromatic carbocycles. The Morgan fingerprint density at radius 3 is 2.73 bits per heavy atom. The molecule has 4 heterocycles. The number of likely N-dealkylation sites (tertiary alicyclic amines) is 1. The summed E-state index contributed by atoms with van der Waals surface area (Å²) in [5.41, 5.74) is 0.868. The van der Waals surface area contributed by atoms with E-state index < -0.39 is 11.7 Å². The van der Waals surface area contributed by atoms with Crippen molar-refractivity contribution in [3.05, 3.63) is 72.4 Å². The standard InChI is InChI=1S/C23H19F3N4O3/c24-23(25,26)16-8-9-18(27-13-16)33-14-17-7-4-10-29(17)21(31)20-19(15-5-2-1-3-6-15)28-22-30(20)11-12-32-22/h1-3,5-6,8-9,11-13,17H,4,7,10,14H2/t17-/m0/s1. The van der Waals surface area contributed by atoms with E-state index >= 15 is 0 Å². The van der Waals surface area contributed by atoms with Crippen LogP contribution in [0.25, 0.3) is 17.1 Å². The number of nitrogens with zero attached hydrogens (tertiary/aromatic N) is 4. The van der Waals surface area contributed by atoms with Crippen molar-refractivity contribution >= 4 is 11.8 Å². The lowest BCUT2D eigenvalue weighted by molar-refractivity contribution is -0.137. The molecule has 1 aliphatic heterocycles. The Morgan fingerprint density at radius 1 is 1.18 bits per heavy atom. The third-order valence-electron chi connectivity index (χ3n) is 5.64. The lowest BCUT2D eigenvalue weighted by Crippen LogP contribution is -2.39. The van der Waals surface area contributed by atoms with Crippen molar-refractivity contribution in [2.75, 3.05) is 13.2 Å². The molecule has 0 N–H and O–H groups in total. The van der Waals surface area contributed by atoms with Gasteiger partial charge in [0.15, 0.2) is 0 Å². The van der Waals surface area contributed by atoms with Gasteiger partial charge in [0, 0.05) is 30.6 Å². The maximum atomic E-state index is 13.6. The molecule has 33 heavy (non-hydrogen) atoms. The Morgan fingerprint density at radius 2 is 2.00 bits per heavy atom. The summed E-state index contributed by atoms with van der Waals surface area (Å²) in [6, 6.07) is 11.2. The predicted molar refractivity (Wildman–Crippen MR) is 112 cm³/mol. The minimum absolute atomic E-state index is 0.0776. The molecule has 0 bridgehead atoms. The fraction of sp³-hybridized carbons (Fsp3) is 0.261. The molecule has 1 amide bonds. The smallest absolute Gasteiger partial charge is 0.417 e. The van der Waals surface area contributed by atoms with Crippen molar-refractivity contribution in [1.29, 1.82) is 0 Å². The van der Waals surface area contributed by atoms with Crippen LogP contribution in [0.15, 0.2) is 65.5 Å². The molecular formula is C23H19F3N4O3. The van der Waals surface area contributed by atoms with Crippen LogP contribution >= 0.6 is 0 Å². The second-order valence-electron chi connectivity index (χ2n) is 7.72. The number of amides is 1. The second kappa shape index (κ2) is 8.27. The highest BCUT2D eigenvalue weighted by Crippen LogP contribution is 2.30. The third-order valence-corrected chi connectivity index (χ3v) is 5.64. The third kappa shape index (κ3) is 4.04. The summed E-state index contributed by atoms with van der Waals surface area (Å²) in [4.78, 5) is 23.6. The molecule has 0 aliphatic carbocycles. The number of hydrogen-bond donors (Lipinski definition) is 0. The summed E-state index contributed by atoms with van der Waals surface area (Å²) in [5.74, 6) is 0.182. The van der Waals surface area contributed by atoms with Crippen LogP contribution in [-0.2, 0) is 6.18 Å². The van der Waals surface area contributed by atoms with Crippen LogP contribution in [0.3, 0.4) is 0 Å². The van der Waals surface area contributed by atoms with Crippen LogP contribution in [0.4, 0.5) is 13.2 Å². The first-order chi connectivity index (χ1) is 15.9. The molecule has 0 radical (unpaired) electrons. The van der Waals surface area contributed by atoms with E-state index in [9.17, 15) is 18.0 Å². The minimum Gasteiger partial charge on any atom is -0.475 e. The van der Waals surface area contributed by atoms with Gasteiger partial charge < -0.3 is 14.1 Å². The normalized spacial score (nSPS) is 16.5. The molecular weight excluding hydrogens is 437 g/mol. The lowest BCUT2D eigenvalue weighted by atomic mass is 10.1. The van der Waals surface area contributed by atoms with Crippen LogP contribution in [-0.4, -0.2) is 44.4 Å². The van der Waals surface area contributed by atoms with E-state index in [1.807, 2.05) is 30.3 Å². The van der Waals surface area contributed by atoms with Gasteiger partial charge in [-0.25, -0.2) is 4.98 Å². The van der Waals surface area contributed by atoms with Gasteiger partial charge in [-0.3, -0.25) is 9.20 Å². The Hall–Kier alpha value is -3.82. The van der Waals surface area contributed by atoms with E-state index in [0.29, 0.717) is 30.2 Å². The van der Waals surface area contributed by atoms with Crippen LogP contribution in [0.5, 0.6) is 5.88 Å². The molecule has 1 fully saturated rings. The number of fused-ring (bicyclic) bond motifs is 1. The molecule has 1 atom stereocenters. The molecule has 4 aromatic rings. The zero-order valence-corrected chi connectivity index (χ0v) is 17.3. The monoisotopic (exact) mass is 456 g/mol. The van der Waals surface area contributed by atoms with Crippen molar-refractivity contribution < 1.29 is 27.1 Å². The second-order valence-corrected chi connectivity index (χ2v) is 7.72. The molecule has 1 aliphatic rings. The number of benzene rings is 1. The average Bonchev–Trinajstić information content (AvgIpc) is 3.53.